The standard InChI is InChI=1S/C16H21FN2O2.ClH/c17-14-4-2-1-3-13(14)15-10-19(7-8-21-15)16(20)11-5-6-12(18)9-11;/h1-4,11-12,15H,5-10,18H2;1H. The van der Waals surface area contributed by atoms with Crippen LogP contribution in [0.15, 0.2) is 24.3 Å². The van der Waals surface area contributed by atoms with Crippen LogP contribution in [0, 0.1) is 11.7 Å². The fraction of sp³-hybridized carbons (Fsp3) is 0.562. The maximum atomic E-state index is 13.9. The summed E-state index contributed by atoms with van der Waals surface area (Å²) in [4.78, 5) is 14.3. The summed E-state index contributed by atoms with van der Waals surface area (Å²) in [6.45, 7) is 1.45. The van der Waals surface area contributed by atoms with Gasteiger partial charge in [-0.05, 0) is 25.3 Å². The molecule has 122 valence electrons. The number of hydrogen-bond acceptors (Lipinski definition) is 3. The van der Waals surface area contributed by atoms with Crippen LogP contribution in [-0.2, 0) is 9.53 Å². The van der Waals surface area contributed by atoms with Crippen molar-refractivity contribution in [1.29, 1.82) is 0 Å². The summed E-state index contributed by atoms with van der Waals surface area (Å²) in [5, 5.41) is 0. The number of rotatable bonds is 2. The minimum Gasteiger partial charge on any atom is -0.370 e. The lowest BCUT2D eigenvalue weighted by Crippen LogP contribution is -2.44. The Bertz CT molecular complexity index is 529. The smallest absolute Gasteiger partial charge is 0.225 e. The Labute approximate surface area is 136 Å². The SMILES string of the molecule is Cl.NC1CCC(C(=O)N2CCOC(c3ccccc3F)C2)C1. The number of halogens is 2. The molecule has 1 heterocycles. The molecule has 1 saturated carbocycles. The maximum Gasteiger partial charge on any atom is 0.225 e. The number of nitrogens with zero attached hydrogens (tertiary/aromatic N) is 1. The number of ether oxygens (including phenoxy) is 1. The molecule has 1 saturated heterocycles. The molecule has 2 fully saturated rings. The Kier molecular flexibility index (Phi) is 5.78. The third kappa shape index (κ3) is 3.59. The first kappa shape index (κ1) is 17.2. The fourth-order valence-corrected chi connectivity index (χ4v) is 3.27. The molecule has 1 aromatic rings. The maximum absolute atomic E-state index is 13.9. The van der Waals surface area contributed by atoms with Gasteiger partial charge in [0.05, 0.1) is 13.2 Å². The third-order valence-corrected chi connectivity index (χ3v) is 4.45. The van der Waals surface area contributed by atoms with Crippen molar-refractivity contribution in [2.75, 3.05) is 19.7 Å². The number of morpholine rings is 1. The van der Waals surface area contributed by atoms with Gasteiger partial charge in [0.2, 0.25) is 5.91 Å². The third-order valence-electron chi connectivity index (χ3n) is 4.45. The Hall–Kier alpha value is -1.17. The summed E-state index contributed by atoms with van der Waals surface area (Å²) >= 11 is 0. The average molecular weight is 329 g/mol. The summed E-state index contributed by atoms with van der Waals surface area (Å²) in [7, 11) is 0. The monoisotopic (exact) mass is 328 g/mol. The Morgan fingerprint density at radius 3 is 2.77 bits per heavy atom. The first-order chi connectivity index (χ1) is 10.1. The highest BCUT2D eigenvalue weighted by atomic mass is 35.5. The van der Waals surface area contributed by atoms with Crippen LogP contribution in [0.2, 0.25) is 0 Å². The molecule has 1 aromatic carbocycles. The van der Waals surface area contributed by atoms with Crippen LogP contribution in [0.4, 0.5) is 4.39 Å². The molecule has 1 amide bonds. The van der Waals surface area contributed by atoms with Gasteiger partial charge in [-0.2, -0.15) is 0 Å². The van der Waals surface area contributed by atoms with Crippen molar-refractivity contribution < 1.29 is 13.9 Å². The van der Waals surface area contributed by atoms with Gasteiger partial charge in [0.25, 0.3) is 0 Å². The lowest BCUT2D eigenvalue weighted by Gasteiger charge is -2.34. The van der Waals surface area contributed by atoms with E-state index < -0.39 is 0 Å². The van der Waals surface area contributed by atoms with E-state index in [1.807, 2.05) is 4.90 Å². The van der Waals surface area contributed by atoms with Crippen molar-refractivity contribution in [2.24, 2.45) is 11.7 Å². The van der Waals surface area contributed by atoms with Crippen LogP contribution in [0.25, 0.3) is 0 Å². The zero-order valence-corrected chi connectivity index (χ0v) is 13.2. The lowest BCUT2D eigenvalue weighted by atomic mass is 10.0. The Morgan fingerprint density at radius 2 is 2.09 bits per heavy atom. The minimum atomic E-state index is -0.376. The highest BCUT2D eigenvalue weighted by molar-refractivity contribution is 5.85. The van der Waals surface area contributed by atoms with Crippen LogP contribution >= 0.6 is 12.4 Å². The molecule has 3 rings (SSSR count). The number of benzene rings is 1. The summed E-state index contributed by atoms with van der Waals surface area (Å²) in [6.07, 6.45) is 2.17. The highest BCUT2D eigenvalue weighted by Crippen LogP contribution is 2.29. The van der Waals surface area contributed by atoms with Gasteiger partial charge < -0.3 is 15.4 Å². The van der Waals surface area contributed by atoms with Gasteiger partial charge in [0.15, 0.2) is 0 Å². The van der Waals surface area contributed by atoms with Crippen LogP contribution in [0.3, 0.4) is 0 Å². The minimum absolute atomic E-state index is 0. The summed E-state index contributed by atoms with van der Waals surface area (Å²) in [5.41, 5.74) is 6.41. The first-order valence-electron chi connectivity index (χ1n) is 7.55. The van der Waals surface area contributed by atoms with Crippen molar-refractivity contribution in [1.82, 2.24) is 4.90 Å². The van der Waals surface area contributed by atoms with Gasteiger partial charge in [-0.3, -0.25) is 4.79 Å². The van der Waals surface area contributed by atoms with Crippen LogP contribution in [-0.4, -0.2) is 36.5 Å². The molecule has 3 atom stereocenters. The molecule has 0 aromatic heterocycles. The van der Waals surface area contributed by atoms with E-state index in [9.17, 15) is 9.18 Å². The Balaban J connectivity index is 0.00000176. The number of carbonyl (C=O) groups is 1. The molecule has 0 spiro atoms. The topological polar surface area (TPSA) is 55.6 Å². The molecular formula is C16H22ClFN2O2. The molecule has 1 aliphatic heterocycles. The van der Waals surface area contributed by atoms with Crippen molar-refractivity contribution in [3.05, 3.63) is 35.6 Å². The molecule has 2 aliphatic rings. The predicted molar refractivity (Wildman–Crippen MR) is 84.2 cm³/mol. The molecule has 1 aliphatic carbocycles. The van der Waals surface area contributed by atoms with Crippen LogP contribution < -0.4 is 5.73 Å². The zero-order valence-electron chi connectivity index (χ0n) is 12.4. The van der Waals surface area contributed by atoms with Gasteiger partial charge in [-0.15, -0.1) is 12.4 Å². The van der Waals surface area contributed by atoms with E-state index in [0.717, 1.165) is 19.3 Å². The van der Waals surface area contributed by atoms with E-state index in [0.29, 0.717) is 25.3 Å². The van der Waals surface area contributed by atoms with E-state index in [1.165, 1.54) is 6.07 Å². The van der Waals surface area contributed by atoms with Crippen molar-refractivity contribution in [3.63, 3.8) is 0 Å². The molecule has 4 nitrogen and oxygen atoms in total. The number of nitrogens with two attached hydrogens (primary N) is 1. The second-order valence-electron chi connectivity index (χ2n) is 5.94. The van der Waals surface area contributed by atoms with E-state index in [1.54, 1.807) is 18.2 Å². The van der Waals surface area contributed by atoms with Gasteiger partial charge in [-0.1, -0.05) is 18.2 Å². The Morgan fingerprint density at radius 1 is 1.32 bits per heavy atom. The number of hydrogen-bond donors (Lipinski definition) is 1. The van der Waals surface area contributed by atoms with E-state index >= 15 is 0 Å². The molecule has 0 bridgehead atoms. The van der Waals surface area contributed by atoms with Crippen molar-refractivity contribution in [2.45, 2.75) is 31.4 Å². The van der Waals surface area contributed by atoms with E-state index in [-0.39, 0.29) is 42.2 Å². The molecular weight excluding hydrogens is 307 g/mol. The lowest BCUT2D eigenvalue weighted by molar-refractivity contribution is -0.143. The van der Waals surface area contributed by atoms with Gasteiger partial charge in [0.1, 0.15) is 11.9 Å². The second kappa shape index (κ2) is 7.40. The second-order valence-corrected chi connectivity index (χ2v) is 5.94. The largest absolute Gasteiger partial charge is 0.370 e. The summed E-state index contributed by atoms with van der Waals surface area (Å²) < 4.78 is 19.5. The average Bonchev–Trinajstić information content (AvgIpc) is 2.94. The summed E-state index contributed by atoms with van der Waals surface area (Å²) in [5.74, 6) is -0.105. The zero-order chi connectivity index (χ0) is 14.8. The number of carbonyl (C=O) groups excluding carboxylic acids is 1. The van der Waals surface area contributed by atoms with Gasteiger partial charge in [-0.25, -0.2) is 4.39 Å². The van der Waals surface area contributed by atoms with Crippen molar-refractivity contribution in [3.8, 4) is 0 Å². The quantitative estimate of drug-likeness (QED) is 0.906. The van der Waals surface area contributed by atoms with Gasteiger partial charge >= 0.3 is 0 Å². The highest BCUT2D eigenvalue weighted by Gasteiger charge is 2.34. The number of amides is 1. The predicted octanol–water partition coefficient (Wildman–Crippen LogP) is 2.27. The molecule has 2 N–H and O–H groups in total. The van der Waals surface area contributed by atoms with E-state index in [4.69, 9.17) is 10.5 Å². The molecule has 22 heavy (non-hydrogen) atoms. The molecule has 0 radical (unpaired) electrons. The first-order valence-corrected chi connectivity index (χ1v) is 7.55. The fourth-order valence-electron chi connectivity index (χ4n) is 3.27. The summed E-state index contributed by atoms with van der Waals surface area (Å²) in [6, 6.07) is 6.74. The van der Waals surface area contributed by atoms with Crippen LogP contribution in [0.5, 0.6) is 0 Å². The van der Waals surface area contributed by atoms with E-state index in [2.05, 4.69) is 0 Å². The van der Waals surface area contributed by atoms with Crippen molar-refractivity contribution >= 4 is 18.3 Å². The van der Waals surface area contributed by atoms with Crippen LogP contribution in [0.1, 0.15) is 30.9 Å². The molecule has 3 unspecified atom stereocenters. The normalized spacial score (nSPS) is 28.3. The van der Waals surface area contributed by atoms with Gasteiger partial charge in [0, 0.05) is 24.1 Å². The molecule has 6 heteroatoms.